The first-order chi connectivity index (χ1) is 14.1. The molecule has 5 rings (SSSR count). The molecular formula is C24H15FN2O2. The van der Waals surface area contributed by atoms with Crippen molar-refractivity contribution in [1.29, 1.82) is 0 Å². The molecule has 0 saturated heterocycles. The molecule has 0 fully saturated rings. The van der Waals surface area contributed by atoms with E-state index in [1.165, 1.54) is 12.1 Å². The number of aromatic nitrogens is 2. The van der Waals surface area contributed by atoms with Gasteiger partial charge in [0.25, 0.3) is 5.56 Å². The van der Waals surface area contributed by atoms with E-state index < -0.39 is 17.1 Å². The highest BCUT2D eigenvalue weighted by Crippen LogP contribution is 2.26. The first-order valence-electron chi connectivity index (χ1n) is 9.15. The molecule has 0 aliphatic rings. The second-order valence-corrected chi connectivity index (χ2v) is 6.81. The van der Waals surface area contributed by atoms with Gasteiger partial charge in [-0.05, 0) is 29.1 Å². The van der Waals surface area contributed by atoms with Crippen LogP contribution in [0.1, 0.15) is 0 Å². The van der Waals surface area contributed by atoms with E-state index >= 15 is 0 Å². The van der Waals surface area contributed by atoms with Gasteiger partial charge in [-0.25, -0.2) is 13.8 Å². The summed E-state index contributed by atoms with van der Waals surface area (Å²) in [5.41, 5.74) is 0.644. The molecule has 0 spiro atoms. The summed E-state index contributed by atoms with van der Waals surface area (Å²) in [5.74, 6) is -0.516. The maximum Gasteiger partial charge on any atom is 0.333 e. The van der Waals surface area contributed by atoms with Gasteiger partial charge in [-0.1, -0.05) is 66.7 Å². The summed E-state index contributed by atoms with van der Waals surface area (Å²) < 4.78 is 15.9. The van der Waals surface area contributed by atoms with Gasteiger partial charge in [0.05, 0.1) is 16.6 Å². The molecule has 0 aliphatic carbocycles. The molecule has 140 valence electrons. The number of aromatic amines is 1. The quantitative estimate of drug-likeness (QED) is 0.484. The van der Waals surface area contributed by atoms with Crippen LogP contribution in [0.5, 0.6) is 0 Å². The standard InChI is InChI=1S/C24H15FN2O2/c25-20-13-19-21(14-18(20)16-7-2-1-3-8-16)26-24(29)27(23(19)28)22-12-6-10-15-9-4-5-11-17(15)22/h1-14H,(H,26,29). The van der Waals surface area contributed by atoms with Crippen molar-refractivity contribution in [3.8, 4) is 16.8 Å². The van der Waals surface area contributed by atoms with Crippen LogP contribution >= 0.6 is 0 Å². The Bertz CT molecular complexity index is 1500. The van der Waals surface area contributed by atoms with Crippen LogP contribution in [0.25, 0.3) is 38.5 Å². The van der Waals surface area contributed by atoms with Crippen LogP contribution in [0, 0.1) is 5.82 Å². The fourth-order valence-electron chi connectivity index (χ4n) is 3.70. The van der Waals surface area contributed by atoms with Gasteiger partial charge in [0.1, 0.15) is 5.82 Å². The fraction of sp³-hybridized carbons (Fsp3) is 0. The Labute approximate surface area is 164 Å². The summed E-state index contributed by atoms with van der Waals surface area (Å²) in [6.07, 6.45) is 0. The van der Waals surface area contributed by atoms with E-state index in [2.05, 4.69) is 4.98 Å². The normalized spacial score (nSPS) is 11.2. The minimum atomic E-state index is -0.565. The molecule has 29 heavy (non-hydrogen) atoms. The van der Waals surface area contributed by atoms with Crippen LogP contribution in [0.3, 0.4) is 0 Å². The van der Waals surface area contributed by atoms with Crippen LogP contribution in [0.15, 0.2) is 94.5 Å². The van der Waals surface area contributed by atoms with E-state index in [9.17, 15) is 14.0 Å². The number of nitrogens with zero attached hydrogens (tertiary/aromatic N) is 1. The third-order valence-electron chi connectivity index (χ3n) is 5.08. The number of hydrogen-bond donors (Lipinski definition) is 1. The van der Waals surface area contributed by atoms with Gasteiger partial charge in [0.15, 0.2) is 0 Å². The molecule has 0 bridgehead atoms. The second-order valence-electron chi connectivity index (χ2n) is 6.81. The molecule has 5 heteroatoms. The van der Waals surface area contributed by atoms with Gasteiger partial charge >= 0.3 is 5.69 Å². The zero-order valence-electron chi connectivity index (χ0n) is 15.2. The number of hydrogen-bond acceptors (Lipinski definition) is 2. The molecule has 0 radical (unpaired) electrons. The number of benzene rings is 4. The van der Waals surface area contributed by atoms with E-state index in [1.807, 2.05) is 36.4 Å². The number of fused-ring (bicyclic) bond motifs is 2. The van der Waals surface area contributed by atoms with Crippen molar-refractivity contribution in [2.24, 2.45) is 0 Å². The average molecular weight is 382 g/mol. The van der Waals surface area contributed by atoms with Crippen molar-refractivity contribution in [2.75, 3.05) is 0 Å². The third kappa shape index (κ3) is 2.75. The third-order valence-corrected chi connectivity index (χ3v) is 5.08. The zero-order chi connectivity index (χ0) is 20.0. The second kappa shape index (κ2) is 6.56. The number of rotatable bonds is 2. The van der Waals surface area contributed by atoms with Crippen molar-refractivity contribution in [1.82, 2.24) is 9.55 Å². The molecule has 4 aromatic carbocycles. The molecular weight excluding hydrogens is 367 g/mol. The van der Waals surface area contributed by atoms with Crippen molar-refractivity contribution in [3.05, 3.63) is 112 Å². The van der Waals surface area contributed by atoms with Crippen LogP contribution in [0.4, 0.5) is 4.39 Å². The van der Waals surface area contributed by atoms with Crippen LogP contribution in [-0.4, -0.2) is 9.55 Å². The summed E-state index contributed by atoms with van der Waals surface area (Å²) in [6.45, 7) is 0. The van der Waals surface area contributed by atoms with Crippen molar-refractivity contribution in [3.63, 3.8) is 0 Å². The Kier molecular flexibility index (Phi) is 3.88. The van der Waals surface area contributed by atoms with E-state index in [0.29, 0.717) is 22.3 Å². The number of nitrogens with one attached hydrogen (secondary N) is 1. The Balaban J connectivity index is 1.82. The van der Waals surface area contributed by atoms with Crippen LogP contribution in [-0.2, 0) is 0 Å². The Morgan fingerprint density at radius 3 is 2.31 bits per heavy atom. The SMILES string of the molecule is O=c1[nH]c2cc(-c3ccccc3)c(F)cc2c(=O)n1-c1cccc2ccccc12. The lowest BCUT2D eigenvalue weighted by Gasteiger charge is -2.11. The summed E-state index contributed by atoms with van der Waals surface area (Å²) in [5, 5.41) is 1.79. The lowest BCUT2D eigenvalue weighted by molar-refractivity contribution is 0.632. The van der Waals surface area contributed by atoms with E-state index in [0.717, 1.165) is 15.3 Å². The molecule has 0 saturated carbocycles. The monoisotopic (exact) mass is 382 g/mol. The maximum absolute atomic E-state index is 14.8. The van der Waals surface area contributed by atoms with Gasteiger partial charge in [-0.2, -0.15) is 0 Å². The summed E-state index contributed by atoms with van der Waals surface area (Å²) in [6, 6.07) is 24.6. The van der Waals surface area contributed by atoms with Crippen LogP contribution < -0.4 is 11.2 Å². The summed E-state index contributed by atoms with van der Waals surface area (Å²) in [4.78, 5) is 28.8. The van der Waals surface area contributed by atoms with Gasteiger partial charge in [-0.15, -0.1) is 0 Å². The topological polar surface area (TPSA) is 54.9 Å². The smallest absolute Gasteiger partial charge is 0.306 e. The van der Waals surface area contributed by atoms with E-state index in [1.54, 1.807) is 36.4 Å². The molecule has 0 unspecified atom stereocenters. The molecule has 0 aliphatic heterocycles. The van der Waals surface area contributed by atoms with Gasteiger partial charge in [-0.3, -0.25) is 4.79 Å². The Morgan fingerprint density at radius 1 is 0.759 bits per heavy atom. The maximum atomic E-state index is 14.8. The van der Waals surface area contributed by atoms with Gasteiger partial charge in [0.2, 0.25) is 0 Å². The molecule has 1 heterocycles. The van der Waals surface area contributed by atoms with Crippen molar-refractivity contribution < 1.29 is 4.39 Å². The van der Waals surface area contributed by atoms with Crippen molar-refractivity contribution >= 4 is 21.7 Å². The van der Waals surface area contributed by atoms with E-state index in [-0.39, 0.29) is 5.39 Å². The van der Waals surface area contributed by atoms with Crippen molar-refractivity contribution in [2.45, 2.75) is 0 Å². The summed E-state index contributed by atoms with van der Waals surface area (Å²) in [7, 11) is 0. The highest BCUT2D eigenvalue weighted by atomic mass is 19.1. The average Bonchev–Trinajstić information content (AvgIpc) is 2.75. The predicted octanol–water partition coefficient (Wildman–Crippen LogP) is 4.64. The van der Waals surface area contributed by atoms with Gasteiger partial charge in [0, 0.05) is 10.9 Å². The minimum Gasteiger partial charge on any atom is -0.306 e. The molecule has 0 amide bonds. The number of halogens is 1. The van der Waals surface area contributed by atoms with Crippen LogP contribution in [0.2, 0.25) is 0 Å². The van der Waals surface area contributed by atoms with E-state index in [4.69, 9.17) is 0 Å². The lowest BCUT2D eigenvalue weighted by atomic mass is 10.0. The zero-order valence-corrected chi connectivity index (χ0v) is 15.2. The Hall–Kier alpha value is -3.99. The largest absolute Gasteiger partial charge is 0.333 e. The number of H-pyrrole nitrogens is 1. The molecule has 1 aromatic heterocycles. The predicted molar refractivity (Wildman–Crippen MR) is 113 cm³/mol. The first kappa shape index (κ1) is 17.1. The first-order valence-corrected chi connectivity index (χ1v) is 9.15. The highest BCUT2D eigenvalue weighted by Gasteiger charge is 2.15. The molecule has 0 atom stereocenters. The molecule has 5 aromatic rings. The lowest BCUT2D eigenvalue weighted by Crippen LogP contribution is -2.33. The Morgan fingerprint density at radius 2 is 1.48 bits per heavy atom. The summed E-state index contributed by atoms with van der Waals surface area (Å²) >= 11 is 0. The minimum absolute atomic E-state index is 0.120. The molecule has 1 N–H and O–H groups in total. The van der Waals surface area contributed by atoms with Gasteiger partial charge < -0.3 is 4.98 Å². The highest BCUT2D eigenvalue weighted by molar-refractivity contribution is 5.91. The fourth-order valence-corrected chi connectivity index (χ4v) is 3.70. The molecule has 4 nitrogen and oxygen atoms in total.